The molecule has 16 heavy (non-hydrogen) atoms. The summed E-state index contributed by atoms with van der Waals surface area (Å²) in [5.74, 6) is -0.312. The van der Waals surface area contributed by atoms with Crippen molar-refractivity contribution in [1.82, 2.24) is 0 Å². The average Bonchev–Trinajstić information content (AvgIpc) is 2.23. The van der Waals surface area contributed by atoms with Crippen LogP contribution < -0.4 is 5.73 Å². The fourth-order valence-corrected chi connectivity index (χ4v) is 1.66. The third-order valence-electron chi connectivity index (χ3n) is 2.14. The second-order valence-electron chi connectivity index (χ2n) is 3.49. The minimum atomic E-state index is -0.312. The molecule has 1 rings (SSSR count). The average molecular weight is 262 g/mol. The van der Waals surface area contributed by atoms with Gasteiger partial charge >= 0.3 is 5.97 Å². The topological polar surface area (TPSA) is 52.3 Å². The van der Waals surface area contributed by atoms with E-state index in [0.717, 1.165) is 5.56 Å². The van der Waals surface area contributed by atoms with Crippen LogP contribution in [-0.2, 0) is 16.0 Å². The van der Waals surface area contributed by atoms with Crippen molar-refractivity contribution in [3.8, 4) is 0 Å². The summed E-state index contributed by atoms with van der Waals surface area (Å²) in [6.07, 6.45) is 0.753. The smallest absolute Gasteiger partial charge is 0.307 e. The molecule has 0 radical (unpaired) electrons. The van der Waals surface area contributed by atoms with Crippen LogP contribution in [0.3, 0.4) is 0 Å². The molecule has 0 heterocycles. The van der Waals surface area contributed by atoms with Gasteiger partial charge in [0.15, 0.2) is 0 Å². The number of methoxy groups -OCH3 is 1. The third kappa shape index (κ3) is 4.00. The highest BCUT2D eigenvalue weighted by Gasteiger charge is 2.11. The van der Waals surface area contributed by atoms with Gasteiger partial charge in [0.2, 0.25) is 0 Å². The normalized spacial score (nSPS) is 12.2. The van der Waals surface area contributed by atoms with E-state index in [4.69, 9.17) is 28.9 Å². The van der Waals surface area contributed by atoms with E-state index < -0.39 is 0 Å². The molecule has 0 aliphatic rings. The molecule has 5 heteroatoms. The van der Waals surface area contributed by atoms with Crippen LogP contribution in [0.15, 0.2) is 18.2 Å². The number of halogens is 2. The van der Waals surface area contributed by atoms with E-state index in [1.54, 1.807) is 12.1 Å². The van der Waals surface area contributed by atoms with Crippen molar-refractivity contribution >= 4 is 29.2 Å². The fraction of sp³-hybridized carbons (Fsp3) is 0.364. The monoisotopic (exact) mass is 261 g/mol. The Morgan fingerprint density at radius 3 is 2.69 bits per heavy atom. The Balaban J connectivity index is 2.59. The zero-order chi connectivity index (χ0) is 12.1. The van der Waals surface area contributed by atoms with Crippen LogP contribution in [0.2, 0.25) is 10.0 Å². The second kappa shape index (κ2) is 6.09. The van der Waals surface area contributed by atoms with Gasteiger partial charge in [0.25, 0.3) is 0 Å². The quantitative estimate of drug-likeness (QED) is 0.848. The largest absolute Gasteiger partial charge is 0.469 e. The van der Waals surface area contributed by atoms with E-state index in [1.165, 1.54) is 7.11 Å². The summed E-state index contributed by atoms with van der Waals surface area (Å²) in [6, 6.07) is 5.03. The van der Waals surface area contributed by atoms with Crippen molar-refractivity contribution in [2.45, 2.75) is 18.9 Å². The molecule has 1 atom stereocenters. The lowest BCUT2D eigenvalue weighted by Gasteiger charge is -2.10. The van der Waals surface area contributed by atoms with Crippen molar-refractivity contribution in [3.63, 3.8) is 0 Å². The lowest BCUT2D eigenvalue weighted by Crippen LogP contribution is -2.26. The van der Waals surface area contributed by atoms with E-state index in [1.807, 2.05) is 6.07 Å². The lowest BCUT2D eigenvalue weighted by molar-refractivity contribution is -0.140. The van der Waals surface area contributed by atoms with Crippen LogP contribution in [0.25, 0.3) is 0 Å². The van der Waals surface area contributed by atoms with Crippen LogP contribution in [0.5, 0.6) is 0 Å². The molecule has 0 aliphatic carbocycles. The Morgan fingerprint density at radius 2 is 2.12 bits per heavy atom. The van der Waals surface area contributed by atoms with Crippen molar-refractivity contribution in [2.75, 3.05) is 7.11 Å². The summed E-state index contributed by atoms with van der Waals surface area (Å²) >= 11 is 11.7. The highest BCUT2D eigenvalue weighted by Crippen LogP contribution is 2.23. The van der Waals surface area contributed by atoms with E-state index in [9.17, 15) is 4.79 Å². The van der Waals surface area contributed by atoms with Crippen molar-refractivity contribution in [2.24, 2.45) is 5.73 Å². The fourth-order valence-electron chi connectivity index (χ4n) is 1.34. The minimum Gasteiger partial charge on any atom is -0.469 e. The third-order valence-corrected chi connectivity index (χ3v) is 2.88. The number of carbonyl (C=O) groups is 1. The highest BCUT2D eigenvalue weighted by atomic mass is 35.5. The van der Waals surface area contributed by atoms with Gasteiger partial charge in [-0.25, -0.2) is 0 Å². The minimum absolute atomic E-state index is 0.191. The van der Waals surface area contributed by atoms with Gasteiger partial charge in [-0.05, 0) is 24.1 Å². The molecule has 2 N–H and O–H groups in total. The molecule has 0 amide bonds. The predicted octanol–water partition coefficient (Wildman–Crippen LogP) is 2.43. The maximum absolute atomic E-state index is 11.0. The molecule has 0 saturated carbocycles. The molecule has 0 fully saturated rings. The Bertz CT molecular complexity index is 382. The van der Waals surface area contributed by atoms with Crippen LogP contribution in [-0.4, -0.2) is 19.1 Å². The molecule has 88 valence electrons. The van der Waals surface area contributed by atoms with E-state index in [-0.39, 0.29) is 18.4 Å². The molecule has 0 saturated heterocycles. The van der Waals surface area contributed by atoms with Gasteiger partial charge in [0.1, 0.15) is 0 Å². The summed E-state index contributed by atoms with van der Waals surface area (Å²) < 4.78 is 4.54. The summed E-state index contributed by atoms with van der Waals surface area (Å²) in [5, 5.41) is 0.997. The number of ether oxygens (including phenoxy) is 1. The Labute approximate surface area is 104 Å². The van der Waals surface area contributed by atoms with Gasteiger partial charge < -0.3 is 10.5 Å². The molecule has 0 aliphatic heterocycles. The Morgan fingerprint density at radius 1 is 1.44 bits per heavy atom. The molecule has 1 aromatic rings. The van der Waals surface area contributed by atoms with E-state index in [2.05, 4.69) is 4.74 Å². The molecule has 0 bridgehead atoms. The number of hydrogen-bond acceptors (Lipinski definition) is 3. The number of esters is 1. The van der Waals surface area contributed by atoms with Crippen molar-refractivity contribution < 1.29 is 9.53 Å². The number of hydrogen-bond donors (Lipinski definition) is 1. The zero-order valence-electron chi connectivity index (χ0n) is 8.87. The second-order valence-corrected chi connectivity index (χ2v) is 4.31. The van der Waals surface area contributed by atoms with E-state index >= 15 is 0 Å². The van der Waals surface area contributed by atoms with Gasteiger partial charge in [-0.15, -0.1) is 0 Å². The predicted molar refractivity (Wildman–Crippen MR) is 64.8 cm³/mol. The van der Waals surface area contributed by atoms with Crippen LogP contribution in [0.4, 0.5) is 0 Å². The van der Waals surface area contributed by atoms with Crippen LogP contribution >= 0.6 is 23.2 Å². The molecule has 0 aromatic heterocycles. The van der Waals surface area contributed by atoms with Gasteiger partial charge in [-0.2, -0.15) is 0 Å². The maximum atomic E-state index is 11.0. The van der Waals surface area contributed by atoms with Gasteiger partial charge in [-0.3, -0.25) is 4.79 Å². The first kappa shape index (κ1) is 13.3. The number of carbonyl (C=O) groups excluding carboxylic acids is 1. The van der Waals surface area contributed by atoms with Crippen LogP contribution in [0, 0.1) is 0 Å². The van der Waals surface area contributed by atoms with Crippen molar-refractivity contribution in [1.29, 1.82) is 0 Å². The SMILES string of the molecule is COC(=O)C[C@@H](N)Cc1ccc(Cl)c(Cl)c1. The Kier molecular flexibility index (Phi) is 5.06. The molecular weight excluding hydrogens is 249 g/mol. The lowest BCUT2D eigenvalue weighted by atomic mass is 10.0. The first-order valence-electron chi connectivity index (χ1n) is 4.79. The van der Waals surface area contributed by atoms with Crippen LogP contribution in [0.1, 0.15) is 12.0 Å². The molecule has 1 aromatic carbocycles. The first-order valence-corrected chi connectivity index (χ1v) is 5.55. The zero-order valence-corrected chi connectivity index (χ0v) is 10.4. The molecule has 3 nitrogen and oxygen atoms in total. The highest BCUT2D eigenvalue weighted by molar-refractivity contribution is 6.42. The van der Waals surface area contributed by atoms with Gasteiger partial charge in [0, 0.05) is 6.04 Å². The summed E-state index contributed by atoms with van der Waals surface area (Å²) in [5.41, 5.74) is 6.74. The van der Waals surface area contributed by atoms with Gasteiger partial charge in [0.05, 0.1) is 23.6 Å². The number of rotatable bonds is 4. The maximum Gasteiger partial charge on any atom is 0.307 e. The summed E-state index contributed by atoms with van der Waals surface area (Å²) in [4.78, 5) is 11.0. The summed E-state index contributed by atoms with van der Waals surface area (Å²) in [6.45, 7) is 0. The van der Waals surface area contributed by atoms with Gasteiger partial charge in [-0.1, -0.05) is 29.3 Å². The first-order chi connectivity index (χ1) is 7.52. The standard InChI is InChI=1S/C11H13Cl2NO2/c1-16-11(15)6-8(14)4-7-2-3-9(12)10(13)5-7/h2-3,5,8H,4,6,14H2,1H3/t8-/m0/s1. The number of nitrogens with two attached hydrogens (primary N) is 1. The molecule has 0 spiro atoms. The molecular formula is C11H13Cl2NO2. The van der Waals surface area contributed by atoms with Crippen molar-refractivity contribution in [3.05, 3.63) is 33.8 Å². The number of benzene rings is 1. The Hall–Kier alpha value is -0.770. The molecule has 0 unspecified atom stereocenters. The summed E-state index contributed by atoms with van der Waals surface area (Å²) in [7, 11) is 1.34. The van der Waals surface area contributed by atoms with E-state index in [0.29, 0.717) is 16.5 Å².